The van der Waals surface area contributed by atoms with Crippen LogP contribution < -0.4 is 4.74 Å². The number of thiophene rings is 1. The quantitative estimate of drug-likeness (QED) is 0.780. The van der Waals surface area contributed by atoms with Crippen molar-refractivity contribution in [2.75, 3.05) is 6.61 Å². The van der Waals surface area contributed by atoms with Crippen LogP contribution in [0.15, 0.2) is 40.2 Å². The topological polar surface area (TPSA) is 26.3 Å². The molecule has 0 fully saturated rings. The first-order valence-electron chi connectivity index (χ1n) is 6.08. The van der Waals surface area contributed by atoms with E-state index in [1.165, 1.54) is 0 Å². The van der Waals surface area contributed by atoms with Gasteiger partial charge in [-0.1, -0.05) is 12.1 Å². The Balaban J connectivity index is 1.77. The first-order chi connectivity index (χ1) is 9.15. The molecule has 19 heavy (non-hydrogen) atoms. The Morgan fingerprint density at radius 3 is 2.89 bits per heavy atom. The smallest absolute Gasteiger partial charge is 0.141 e. The SMILES string of the molecule is Cc1cccc(OCCC(=O)Cc2sccc2Br)c1. The molecule has 0 saturated heterocycles. The fourth-order valence-electron chi connectivity index (χ4n) is 1.71. The summed E-state index contributed by atoms with van der Waals surface area (Å²) in [4.78, 5) is 12.9. The number of ether oxygens (including phenoxy) is 1. The van der Waals surface area contributed by atoms with Crippen LogP contribution in [0, 0.1) is 6.92 Å². The fraction of sp³-hybridized carbons (Fsp3) is 0.267. The third-order valence-corrected chi connectivity index (χ3v) is 4.61. The van der Waals surface area contributed by atoms with Crippen molar-refractivity contribution in [3.63, 3.8) is 0 Å². The molecule has 0 atom stereocenters. The standard InChI is InChI=1S/C15H15BrO2S/c1-11-3-2-4-13(9-11)18-7-5-12(17)10-15-14(16)6-8-19-15/h2-4,6,8-9H,5,7,10H2,1H3. The van der Waals surface area contributed by atoms with E-state index in [1.807, 2.05) is 42.6 Å². The number of carbonyl (C=O) groups is 1. The van der Waals surface area contributed by atoms with E-state index in [9.17, 15) is 4.79 Å². The van der Waals surface area contributed by atoms with Crippen LogP contribution in [0.1, 0.15) is 16.9 Å². The lowest BCUT2D eigenvalue weighted by atomic mass is 10.2. The summed E-state index contributed by atoms with van der Waals surface area (Å²) in [5, 5.41) is 1.98. The molecule has 0 saturated carbocycles. The van der Waals surface area contributed by atoms with Gasteiger partial charge in [0, 0.05) is 22.2 Å². The molecule has 2 nitrogen and oxygen atoms in total. The Bertz CT molecular complexity index is 563. The molecule has 0 aliphatic rings. The minimum atomic E-state index is 0.204. The van der Waals surface area contributed by atoms with Gasteiger partial charge in [0.2, 0.25) is 0 Å². The molecule has 2 aromatic rings. The molecule has 0 N–H and O–H groups in total. The van der Waals surface area contributed by atoms with E-state index in [0.717, 1.165) is 20.7 Å². The molecule has 100 valence electrons. The molecule has 0 spiro atoms. The largest absolute Gasteiger partial charge is 0.493 e. The molecular formula is C15H15BrO2S. The van der Waals surface area contributed by atoms with E-state index in [-0.39, 0.29) is 5.78 Å². The summed E-state index contributed by atoms with van der Waals surface area (Å²) in [6, 6.07) is 9.83. The molecule has 1 aromatic heterocycles. The average Bonchev–Trinajstić information content (AvgIpc) is 2.75. The molecule has 0 aliphatic carbocycles. The fourth-order valence-corrected chi connectivity index (χ4v) is 3.23. The first kappa shape index (κ1) is 14.3. The number of hydrogen-bond donors (Lipinski definition) is 0. The second-order valence-corrected chi connectivity index (χ2v) is 6.18. The minimum absolute atomic E-state index is 0.204. The second kappa shape index (κ2) is 6.87. The molecule has 2 rings (SSSR count). The Labute approximate surface area is 125 Å². The maximum atomic E-state index is 11.8. The highest BCUT2D eigenvalue weighted by Crippen LogP contribution is 2.23. The van der Waals surface area contributed by atoms with Gasteiger partial charge in [-0.2, -0.15) is 0 Å². The summed E-state index contributed by atoms with van der Waals surface area (Å²) in [5.41, 5.74) is 1.16. The summed E-state index contributed by atoms with van der Waals surface area (Å²) in [5.74, 6) is 1.03. The van der Waals surface area contributed by atoms with Gasteiger partial charge in [-0.3, -0.25) is 4.79 Å². The minimum Gasteiger partial charge on any atom is -0.493 e. The van der Waals surface area contributed by atoms with Crippen molar-refractivity contribution < 1.29 is 9.53 Å². The monoisotopic (exact) mass is 338 g/mol. The predicted molar refractivity (Wildman–Crippen MR) is 82.0 cm³/mol. The number of halogens is 1. The lowest BCUT2D eigenvalue weighted by Gasteiger charge is -2.06. The number of rotatable bonds is 6. The normalized spacial score (nSPS) is 10.4. The summed E-state index contributed by atoms with van der Waals surface area (Å²) >= 11 is 5.04. The van der Waals surface area contributed by atoms with Crippen LogP contribution in [0.4, 0.5) is 0 Å². The maximum absolute atomic E-state index is 11.8. The molecule has 0 bridgehead atoms. The highest BCUT2D eigenvalue weighted by Gasteiger charge is 2.08. The van der Waals surface area contributed by atoms with E-state index in [0.29, 0.717) is 19.4 Å². The predicted octanol–water partition coefficient (Wildman–Crippen LogP) is 4.40. The lowest BCUT2D eigenvalue weighted by molar-refractivity contribution is -0.118. The number of aryl methyl sites for hydroxylation is 1. The molecule has 4 heteroatoms. The number of carbonyl (C=O) groups excluding carboxylic acids is 1. The van der Waals surface area contributed by atoms with Crippen LogP contribution in [0.5, 0.6) is 5.75 Å². The van der Waals surface area contributed by atoms with Crippen molar-refractivity contribution in [2.24, 2.45) is 0 Å². The van der Waals surface area contributed by atoms with Crippen LogP contribution in [0.3, 0.4) is 0 Å². The van der Waals surface area contributed by atoms with Gasteiger partial charge in [0.1, 0.15) is 11.5 Å². The Morgan fingerprint density at radius 1 is 1.37 bits per heavy atom. The van der Waals surface area contributed by atoms with Crippen molar-refractivity contribution >= 4 is 33.0 Å². The molecule has 1 heterocycles. The van der Waals surface area contributed by atoms with Crippen molar-refractivity contribution in [3.05, 3.63) is 50.6 Å². The third-order valence-electron chi connectivity index (χ3n) is 2.69. The van der Waals surface area contributed by atoms with Crippen LogP contribution in [0.2, 0.25) is 0 Å². The van der Waals surface area contributed by atoms with Crippen LogP contribution in [0.25, 0.3) is 0 Å². The zero-order chi connectivity index (χ0) is 13.7. The maximum Gasteiger partial charge on any atom is 0.141 e. The van der Waals surface area contributed by atoms with Crippen LogP contribution in [-0.4, -0.2) is 12.4 Å². The second-order valence-electron chi connectivity index (χ2n) is 4.32. The van der Waals surface area contributed by atoms with Crippen molar-refractivity contribution in [1.29, 1.82) is 0 Å². The molecule has 0 unspecified atom stereocenters. The summed E-state index contributed by atoms with van der Waals surface area (Å²) in [6.07, 6.45) is 0.924. The number of ketones is 1. The molecule has 0 radical (unpaired) electrons. The van der Waals surface area contributed by atoms with Gasteiger partial charge in [-0.15, -0.1) is 11.3 Å². The zero-order valence-corrected chi connectivity index (χ0v) is 13.1. The van der Waals surface area contributed by atoms with E-state index >= 15 is 0 Å². The summed E-state index contributed by atoms with van der Waals surface area (Å²) in [6.45, 7) is 2.46. The first-order valence-corrected chi connectivity index (χ1v) is 7.75. The zero-order valence-electron chi connectivity index (χ0n) is 10.7. The van der Waals surface area contributed by atoms with Crippen LogP contribution >= 0.6 is 27.3 Å². The van der Waals surface area contributed by atoms with E-state index < -0.39 is 0 Å². The summed E-state index contributed by atoms with van der Waals surface area (Å²) < 4.78 is 6.60. The number of benzene rings is 1. The Hall–Kier alpha value is -1.13. The van der Waals surface area contributed by atoms with Gasteiger partial charge in [-0.05, 0) is 52.0 Å². The van der Waals surface area contributed by atoms with Gasteiger partial charge in [0.15, 0.2) is 0 Å². The van der Waals surface area contributed by atoms with Crippen molar-refractivity contribution in [1.82, 2.24) is 0 Å². The molecule has 0 aliphatic heterocycles. The lowest BCUT2D eigenvalue weighted by Crippen LogP contribution is -2.08. The highest BCUT2D eigenvalue weighted by atomic mass is 79.9. The van der Waals surface area contributed by atoms with E-state index in [4.69, 9.17) is 4.74 Å². The Morgan fingerprint density at radius 2 is 2.21 bits per heavy atom. The van der Waals surface area contributed by atoms with Gasteiger partial charge in [0.25, 0.3) is 0 Å². The van der Waals surface area contributed by atoms with E-state index in [1.54, 1.807) is 11.3 Å². The van der Waals surface area contributed by atoms with Gasteiger partial charge < -0.3 is 4.74 Å². The summed E-state index contributed by atoms with van der Waals surface area (Å²) in [7, 11) is 0. The Kier molecular flexibility index (Phi) is 5.16. The van der Waals surface area contributed by atoms with E-state index in [2.05, 4.69) is 15.9 Å². The van der Waals surface area contributed by atoms with Crippen molar-refractivity contribution in [3.8, 4) is 5.75 Å². The molecule has 1 aromatic carbocycles. The van der Waals surface area contributed by atoms with Crippen LogP contribution in [-0.2, 0) is 11.2 Å². The highest BCUT2D eigenvalue weighted by molar-refractivity contribution is 9.10. The van der Waals surface area contributed by atoms with Gasteiger partial charge in [-0.25, -0.2) is 0 Å². The molecular weight excluding hydrogens is 324 g/mol. The van der Waals surface area contributed by atoms with Crippen molar-refractivity contribution in [2.45, 2.75) is 19.8 Å². The average molecular weight is 339 g/mol. The van der Waals surface area contributed by atoms with Gasteiger partial charge in [0.05, 0.1) is 6.61 Å². The molecule has 0 amide bonds. The number of hydrogen-bond acceptors (Lipinski definition) is 3. The van der Waals surface area contributed by atoms with Gasteiger partial charge >= 0.3 is 0 Å². The third kappa shape index (κ3) is 4.48. The number of Topliss-reactive ketones (excluding diaryl/α,β-unsaturated/α-hetero) is 1.